The zero-order valence-electron chi connectivity index (χ0n) is 22.1. The first-order valence-electron chi connectivity index (χ1n) is 13.6. The van der Waals surface area contributed by atoms with Crippen LogP contribution in [0.2, 0.25) is 0 Å². The van der Waals surface area contributed by atoms with Gasteiger partial charge in [0.25, 0.3) is 0 Å². The molecule has 7 heteroatoms. The van der Waals surface area contributed by atoms with Gasteiger partial charge >= 0.3 is 5.97 Å². The van der Waals surface area contributed by atoms with E-state index >= 15 is 0 Å². The molecule has 3 heterocycles. The summed E-state index contributed by atoms with van der Waals surface area (Å²) in [6, 6.07) is 23.6. The van der Waals surface area contributed by atoms with Crippen molar-refractivity contribution in [3.05, 3.63) is 118 Å². The Morgan fingerprint density at radius 1 is 0.927 bits per heavy atom. The summed E-state index contributed by atoms with van der Waals surface area (Å²) in [7, 11) is 0. The number of carbonyl (C=O) groups excluding carboxylic acids is 1. The quantitative estimate of drug-likeness (QED) is 0.201. The van der Waals surface area contributed by atoms with Crippen LogP contribution in [0.25, 0.3) is 22.1 Å². The smallest absolute Gasteiger partial charge is 0.312 e. The number of ether oxygens (including phenoxy) is 3. The van der Waals surface area contributed by atoms with E-state index in [1.54, 1.807) is 24.3 Å². The molecule has 0 amide bonds. The van der Waals surface area contributed by atoms with Crippen LogP contribution in [0.1, 0.15) is 34.6 Å². The molecule has 1 N–H and O–H groups in total. The first-order chi connectivity index (χ1) is 20.0. The van der Waals surface area contributed by atoms with Crippen molar-refractivity contribution in [1.29, 1.82) is 0 Å². The minimum Gasteiger partial charge on any atom is -0.508 e. The fourth-order valence-electron chi connectivity index (χ4n) is 5.68. The van der Waals surface area contributed by atoms with Crippen LogP contribution in [-0.2, 0) is 17.6 Å². The second-order valence-electron chi connectivity index (χ2n) is 10.3. The molecule has 2 aliphatic rings. The number of aromatic hydroxyl groups is 1. The Labute approximate surface area is 235 Å². The predicted molar refractivity (Wildman–Crippen MR) is 153 cm³/mol. The lowest BCUT2D eigenvalue weighted by atomic mass is 9.85. The van der Waals surface area contributed by atoms with Gasteiger partial charge in [0, 0.05) is 24.3 Å². The molecule has 0 saturated heterocycles. The fourth-order valence-corrected chi connectivity index (χ4v) is 5.68. The van der Waals surface area contributed by atoms with Crippen LogP contribution >= 0.6 is 0 Å². The maximum Gasteiger partial charge on any atom is 0.312 e. The third-order valence-corrected chi connectivity index (χ3v) is 7.74. The summed E-state index contributed by atoms with van der Waals surface area (Å²) in [5.41, 5.74) is 5.17. The number of benzene rings is 4. The normalized spacial score (nSPS) is 15.6. The Morgan fingerprint density at radius 2 is 1.78 bits per heavy atom. The minimum atomic E-state index is -0.377. The molecule has 5 aromatic rings. The van der Waals surface area contributed by atoms with Crippen molar-refractivity contribution in [2.75, 3.05) is 13.2 Å². The van der Waals surface area contributed by atoms with Crippen molar-refractivity contribution in [3.8, 4) is 34.1 Å². The highest BCUT2D eigenvalue weighted by Gasteiger charge is 2.32. The molecule has 4 aromatic carbocycles. The van der Waals surface area contributed by atoms with Crippen molar-refractivity contribution in [2.45, 2.75) is 25.2 Å². The molecule has 204 valence electrons. The molecule has 0 spiro atoms. The molecule has 0 bridgehead atoms. The summed E-state index contributed by atoms with van der Waals surface area (Å²) in [4.78, 5) is 26.1. The van der Waals surface area contributed by atoms with Gasteiger partial charge in [-0.1, -0.05) is 36.4 Å². The van der Waals surface area contributed by atoms with E-state index in [1.165, 1.54) is 29.5 Å². The Morgan fingerprint density at radius 3 is 2.66 bits per heavy atom. The van der Waals surface area contributed by atoms with E-state index in [1.807, 2.05) is 30.3 Å². The monoisotopic (exact) mass is 546 g/mol. The van der Waals surface area contributed by atoms with Crippen molar-refractivity contribution < 1.29 is 28.5 Å². The maximum atomic E-state index is 13.5. The number of hydrogen-bond acceptors (Lipinski definition) is 7. The van der Waals surface area contributed by atoms with Gasteiger partial charge in [0.05, 0.1) is 30.6 Å². The minimum absolute atomic E-state index is 0.107. The fraction of sp³-hybridized carbons (Fsp3) is 0.176. The standard InChI is InChI=1S/C34H26O7/c35-24-7-5-21(6-8-24)28-19-40-34-26(33(28)37)9-11-30-32(34)27(18-31(36)41-30)22-2-1-3-25(17-22)38-14-12-20-4-10-29-23(16-20)13-15-39-29/h1-11,16-17,19,27,35H,12-15,18H2/t27-/m1/s1. The average molecular weight is 547 g/mol. The first kappa shape index (κ1) is 25.0. The Kier molecular flexibility index (Phi) is 6.19. The molecule has 0 unspecified atom stereocenters. The number of rotatable bonds is 6. The number of fused-ring (bicyclic) bond motifs is 4. The molecule has 41 heavy (non-hydrogen) atoms. The summed E-state index contributed by atoms with van der Waals surface area (Å²) in [5.74, 6) is 1.43. The number of phenolic OH excluding ortho intramolecular Hbond substituents is 1. The number of phenols is 1. The highest BCUT2D eigenvalue weighted by atomic mass is 16.5. The lowest BCUT2D eigenvalue weighted by Gasteiger charge is -2.26. The molecule has 2 aliphatic heterocycles. The summed E-state index contributed by atoms with van der Waals surface area (Å²) in [5, 5.41) is 10.0. The van der Waals surface area contributed by atoms with Crippen LogP contribution in [0, 0.1) is 0 Å². The van der Waals surface area contributed by atoms with Gasteiger partial charge in [-0.3, -0.25) is 9.59 Å². The van der Waals surface area contributed by atoms with E-state index in [4.69, 9.17) is 18.6 Å². The molecular formula is C34H26O7. The third-order valence-electron chi connectivity index (χ3n) is 7.74. The largest absolute Gasteiger partial charge is 0.508 e. The van der Waals surface area contributed by atoms with Gasteiger partial charge in [0.1, 0.15) is 34.8 Å². The highest BCUT2D eigenvalue weighted by molar-refractivity contribution is 5.90. The SMILES string of the molecule is O=C1C[C@H](c2cccc(OCCc3ccc4c(c3)CCO4)c2)c2c(ccc3c(=O)c(-c4ccc(O)cc4)coc23)O1. The Bertz CT molecular complexity index is 1850. The third kappa shape index (κ3) is 4.69. The lowest BCUT2D eigenvalue weighted by Crippen LogP contribution is -2.22. The molecule has 0 aliphatic carbocycles. The average Bonchev–Trinajstić information content (AvgIpc) is 3.46. The van der Waals surface area contributed by atoms with Gasteiger partial charge < -0.3 is 23.7 Å². The lowest BCUT2D eigenvalue weighted by molar-refractivity contribution is -0.135. The van der Waals surface area contributed by atoms with Gasteiger partial charge in [0.15, 0.2) is 0 Å². The van der Waals surface area contributed by atoms with Crippen molar-refractivity contribution >= 4 is 16.9 Å². The molecule has 7 rings (SSSR count). The van der Waals surface area contributed by atoms with Crippen LogP contribution in [0.15, 0.2) is 94.3 Å². The second-order valence-corrected chi connectivity index (χ2v) is 10.3. The van der Waals surface area contributed by atoms with Crippen molar-refractivity contribution in [1.82, 2.24) is 0 Å². The molecule has 0 radical (unpaired) electrons. The molecule has 1 aromatic heterocycles. The number of carbonyl (C=O) groups is 1. The van der Waals surface area contributed by atoms with E-state index in [-0.39, 0.29) is 29.5 Å². The molecular weight excluding hydrogens is 520 g/mol. The zero-order valence-corrected chi connectivity index (χ0v) is 22.1. The van der Waals surface area contributed by atoms with Crippen molar-refractivity contribution in [2.24, 2.45) is 0 Å². The van der Waals surface area contributed by atoms with E-state index < -0.39 is 0 Å². The second kappa shape index (κ2) is 10.2. The molecule has 0 fully saturated rings. The van der Waals surface area contributed by atoms with E-state index in [9.17, 15) is 14.7 Å². The van der Waals surface area contributed by atoms with Crippen LogP contribution in [-0.4, -0.2) is 24.3 Å². The van der Waals surface area contributed by atoms with E-state index in [2.05, 4.69) is 12.1 Å². The van der Waals surface area contributed by atoms with Gasteiger partial charge in [0.2, 0.25) is 5.43 Å². The maximum absolute atomic E-state index is 13.5. The summed E-state index contributed by atoms with van der Waals surface area (Å²) < 4.78 is 23.4. The predicted octanol–water partition coefficient (Wildman–Crippen LogP) is 6.16. The van der Waals surface area contributed by atoms with Crippen LogP contribution in [0.3, 0.4) is 0 Å². The highest BCUT2D eigenvalue weighted by Crippen LogP contribution is 2.43. The van der Waals surface area contributed by atoms with E-state index in [0.29, 0.717) is 45.8 Å². The zero-order chi connectivity index (χ0) is 27.9. The first-order valence-corrected chi connectivity index (χ1v) is 13.6. The molecule has 1 atom stereocenters. The van der Waals surface area contributed by atoms with Gasteiger partial charge in [-0.15, -0.1) is 0 Å². The molecule has 0 saturated carbocycles. The van der Waals surface area contributed by atoms with Crippen LogP contribution in [0.5, 0.6) is 23.0 Å². The van der Waals surface area contributed by atoms with Crippen LogP contribution < -0.4 is 19.6 Å². The summed E-state index contributed by atoms with van der Waals surface area (Å²) >= 11 is 0. The number of hydrogen-bond donors (Lipinski definition) is 1. The summed E-state index contributed by atoms with van der Waals surface area (Å²) in [6.07, 6.45) is 3.23. The summed E-state index contributed by atoms with van der Waals surface area (Å²) in [6.45, 7) is 1.24. The van der Waals surface area contributed by atoms with Gasteiger partial charge in [-0.2, -0.15) is 0 Å². The topological polar surface area (TPSA) is 95.2 Å². The van der Waals surface area contributed by atoms with Crippen molar-refractivity contribution in [3.63, 3.8) is 0 Å². The number of esters is 1. The van der Waals surface area contributed by atoms with Crippen LogP contribution in [0.4, 0.5) is 0 Å². The Balaban J connectivity index is 1.19. The van der Waals surface area contributed by atoms with E-state index in [0.717, 1.165) is 30.8 Å². The van der Waals surface area contributed by atoms with Gasteiger partial charge in [-0.05, 0) is 64.7 Å². The van der Waals surface area contributed by atoms with Gasteiger partial charge in [-0.25, -0.2) is 0 Å². The molecule has 7 nitrogen and oxygen atoms in total. The Hall–Kier alpha value is -5.04.